The average molecular weight is 489 g/mol. The Morgan fingerprint density at radius 3 is 2.42 bits per heavy atom. The van der Waals surface area contributed by atoms with Gasteiger partial charge in [-0.3, -0.25) is 14.4 Å². The van der Waals surface area contributed by atoms with Crippen molar-refractivity contribution < 1.29 is 4.79 Å². The van der Waals surface area contributed by atoms with Crippen LogP contribution in [0.25, 0.3) is 11.1 Å². The minimum absolute atomic E-state index is 0.175. The molecule has 0 radical (unpaired) electrons. The number of nitrogens with zero attached hydrogens (tertiary/aromatic N) is 8. The molecule has 0 bridgehead atoms. The van der Waals surface area contributed by atoms with Gasteiger partial charge in [-0.15, -0.1) is 0 Å². The van der Waals surface area contributed by atoms with Crippen LogP contribution in [0.5, 0.6) is 0 Å². The maximum Gasteiger partial charge on any atom is 0.223 e. The molecule has 2 aromatic heterocycles. The third kappa shape index (κ3) is 5.57. The lowest BCUT2D eigenvalue weighted by Gasteiger charge is -2.35. The monoisotopic (exact) mass is 488 g/mol. The summed E-state index contributed by atoms with van der Waals surface area (Å²) < 4.78 is 1.79. The predicted octanol–water partition coefficient (Wildman–Crippen LogP) is 3.07. The van der Waals surface area contributed by atoms with Gasteiger partial charge in [-0.25, -0.2) is 9.99 Å². The van der Waals surface area contributed by atoms with E-state index in [0.29, 0.717) is 6.42 Å². The van der Waals surface area contributed by atoms with E-state index in [2.05, 4.69) is 58.8 Å². The van der Waals surface area contributed by atoms with Crippen molar-refractivity contribution in [3.05, 3.63) is 65.4 Å². The first-order valence-corrected chi connectivity index (χ1v) is 12.3. The summed E-state index contributed by atoms with van der Waals surface area (Å²) >= 11 is 0. The number of amides is 1. The quantitative estimate of drug-likeness (QED) is 0.558. The van der Waals surface area contributed by atoms with Gasteiger partial charge in [-0.2, -0.15) is 10.2 Å². The third-order valence-electron chi connectivity index (χ3n) is 6.61. The minimum atomic E-state index is 0.175. The van der Waals surface area contributed by atoms with Gasteiger partial charge in [0.2, 0.25) is 5.91 Å². The summed E-state index contributed by atoms with van der Waals surface area (Å²) in [6, 6.07) is 4.23. The van der Waals surface area contributed by atoms with E-state index in [9.17, 15) is 4.79 Å². The highest BCUT2D eigenvalue weighted by Gasteiger charge is 2.23. The summed E-state index contributed by atoms with van der Waals surface area (Å²) in [5.41, 5.74) is 6.27. The van der Waals surface area contributed by atoms with Gasteiger partial charge in [0.25, 0.3) is 0 Å². The summed E-state index contributed by atoms with van der Waals surface area (Å²) in [6.07, 6.45) is 10.5. The molecule has 0 aromatic carbocycles. The highest BCUT2D eigenvalue weighted by molar-refractivity contribution is 5.92. The molecule has 4 heterocycles. The molecule has 2 aliphatic heterocycles. The van der Waals surface area contributed by atoms with E-state index in [0.717, 1.165) is 72.1 Å². The standard InChI is InChI=1S/C27H36N8O/c1-20(2)27-24(15-22(19-35(27)28-3)23-17-30-32(6)18-23)21-7-8-25(29-16-21)34-13-11-33(12-14-34)10-9-26(36)31(4)5/h7-8,15-19H,3,9-14H2,1-2,4-6H3. The number of carbonyl (C=O) groups excluding carboxylic acids is 1. The van der Waals surface area contributed by atoms with Crippen LogP contribution >= 0.6 is 0 Å². The van der Waals surface area contributed by atoms with Gasteiger partial charge < -0.3 is 9.80 Å². The van der Waals surface area contributed by atoms with Crippen LogP contribution in [-0.2, 0) is 11.8 Å². The average Bonchev–Trinajstić information content (AvgIpc) is 3.33. The molecular weight excluding hydrogens is 452 g/mol. The summed E-state index contributed by atoms with van der Waals surface area (Å²) in [5.74, 6) is 1.15. The van der Waals surface area contributed by atoms with Crippen molar-refractivity contribution in [3.8, 4) is 0 Å². The van der Waals surface area contributed by atoms with Crippen molar-refractivity contribution in [2.24, 2.45) is 12.1 Å². The van der Waals surface area contributed by atoms with Crippen molar-refractivity contribution >= 4 is 29.6 Å². The number of piperazine rings is 1. The lowest BCUT2D eigenvalue weighted by atomic mass is 9.94. The number of carbonyl (C=O) groups is 1. The highest BCUT2D eigenvalue weighted by atomic mass is 16.2. The van der Waals surface area contributed by atoms with E-state index in [1.807, 2.05) is 36.8 Å². The molecule has 2 aromatic rings. The largest absolute Gasteiger partial charge is 0.354 e. The Balaban J connectivity index is 1.50. The summed E-state index contributed by atoms with van der Waals surface area (Å²) in [6.45, 7) is 12.4. The molecule has 0 N–H and O–H groups in total. The van der Waals surface area contributed by atoms with E-state index in [-0.39, 0.29) is 5.91 Å². The molecule has 4 rings (SSSR count). The zero-order valence-electron chi connectivity index (χ0n) is 22.0. The molecule has 9 heteroatoms. The lowest BCUT2D eigenvalue weighted by Crippen LogP contribution is -2.47. The number of aryl methyl sites for hydroxylation is 1. The number of aromatic nitrogens is 3. The third-order valence-corrected chi connectivity index (χ3v) is 6.61. The van der Waals surface area contributed by atoms with Gasteiger partial charge in [0.1, 0.15) is 5.82 Å². The van der Waals surface area contributed by atoms with Gasteiger partial charge in [0.15, 0.2) is 0 Å². The highest BCUT2D eigenvalue weighted by Crippen LogP contribution is 2.37. The second kappa shape index (κ2) is 10.9. The molecule has 1 fully saturated rings. The van der Waals surface area contributed by atoms with Crippen molar-refractivity contribution in [2.45, 2.75) is 20.3 Å². The van der Waals surface area contributed by atoms with Gasteiger partial charge in [-0.05, 0) is 32.1 Å². The molecule has 190 valence electrons. The Kier molecular flexibility index (Phi) is 7.69. The van der Waals surface area contributed by atoms with E-state index < -0.39 is 0 Å². The molecule has 0 aliphatic carbocycles. The minimum Gasteiger partial charge on any atom is -0.354 e. The Hall–Kier alpha value is -3.72. The topological polar surface area (TPSA) is 73.1 Å². The van der Waals surface area contributed by atoms with E-state index in [1.165, 1.54) is 0 Å². The van der Waals surface area contributed by atoms with Crippen LogP contribution in [0, 0.1) is 0 Å². The van der Waals surface area contributed by atoms with Crippen molar-refractivity contribution in [1.82, 2.24) is 29.6 Å². The van der Waals surface area contributed by atoms with Gasteiger partial charge >= 0.3 is 0 Å². The van der Waals surface area contributed by atoms with Crippen LogP contribution in [0.2, 0.25) is 0 Å². The molecule has 9 nitrogen and oxygen atoms in total. The summed E-state index contributed by atoms with van der Waals surface area (Å²) in [5, 5.41) is 10.4. The first-order valence-electron chi connectivity index (χ1n) is 12.3. The van der Waals surface area contributed by atoms with Gasteiger partial charge in [0.05, 0.1) is 11.9 Å². The molecule has 2 aliphatic rings. The zero-order chi connectivity index (χ0) is 25.8. The molecule has 0 spiro atoms. The fourth-order valence-electron chi connectivity index (χ4n) is 4.55. The van der Waals surface area contributed by atoms with Crippen LogP contribution in [0.1, 0.15) is 31.4 Å². The number of hydrogen-bond acceptors (Lipinski definition) is 7. The fourth-order valence-corrected chi connectivity index (χ4v) is 4.55. The molecule has 0 unspecified atom stereocenters. The molecule has 0 atom stereocenters. The van der Waals surface area contributed by atoms with Crippen LogP contribution in [0.15, 0.2) is 59.4 Å². The van der Waals surface area contributed by atoms with Crippen LogP contribution in [-0.4, -0.2) is 89.0 Å². The number of hydrogen-bond donors (Lipinski definition) is 0. The molecular formula is C27H36N8O. The van der Waals surface area contributed by atoms with E-state index >= 15 is 0 Å². The maximum atomic E-state index is 11.9. The normalized spacial score (nSPS) is 16.5. The number of allylic oxidation sites excluding steroid dienone is 4. The number of hydrazone groups is 1. The lowest BCUT2D eigenvalue weighted by molar-refractivity contribution is -0.129. The molecule has 36 heavy (non-hydrogen) atoms. The SMILES string of the molecule is C=NN1C=C(c2cnn(C)c2)C=C(c2ccc(N3CCN(CCC(=O)N(C)C)CC3)nc2)C1=C(C)C. The predicted molar refractivity (Wildman–Crippen MR) is 145 cm³/mol. The Bertz CT molecular complexity index is 1190. The number of anilines is 1. The van der Waals surface area contributed by atoms with Crippen LogP contribution in [0.3, 0.4) is 0 Å². The van der Waals surface area contributed by atoms with Gasteiger partial charge in [0, 0.05) is 108 Å². The van der Waals surface area contributed by atoms with Crippen molar-refractivity contribution in [2.75, 3.05) is 51.7 Å². The molecule has 1 amide bonds. The van der Waals surface area contributed by atoms with E-state index in [1.54, 1.807) is 23.7 Å². The summed E-state index contributed by atoms with van der Waals surface area (Å²) in [4.78, 5) is 23.0. The van der Waals surface area contributed by atoms with E-state index in [4.69, 9.17) is 4.98 Å². The maximum absolute atomic E-state index is 11.9. The van der Waals surface area contributed by atoms with Crippen molar-refractivity contribution in [1.29, 1.82) is 0 Å². The van der Waals surface area contributed by atoms with Crippen molar-refractivity contribution in [3.63, 3.8) is 0 Å². The first kappa shape index (κ1) is 25.4. The summed E-state index contributed by atoms with van der Waals surface area (Å²) in [7, 11) is 5.52. The fraction of sp³-hybridized carbons (Fsp3) is 0.407. The number of pyridine rings is 1. The Morgan fingerprint density at radius 1 is 1.11 bits per heavy atom. The number of rotatable bonds is 7. The zero-order valence-corrected chi connectivity index (χ0v) is 22.0. The van der Waals surface area contributed by atoms with Crippen LogP contribution < -0.4 is 4.90 Å². The smallest absolute Gasteiger partial charge is 0.223 e. The van der Waals surface area contributed by atoms with Crippen LogP contribution in [0.4, 0.5) is 5.82 Å². The van der Waals surface area contributed by atoms with Gasteiger partial charge in [-0.1, -0.05) is 5.57 Å². The Morgan fingerprint density at radius 2 is 1.86 bits per heavy atom. The first-order chi connectivity index (χ1) is 17.3. The second-order valence-electron chi connectivity index (χ2n) is 9.65. The molecule has 1 saturated heterocycles. The Labute approximate surface area is 213 Å². The molecule has 0 saturated carbocycles. The second-order valence-corrected chi connectivity index (χ2v) is 9.65.